The monoisotopic (exact) mass is 565 g/mol. The first kappa shape index (κ1) is 29.2. The fourth-order valence-corrected chi connectivity index (χ4v) is 6.35. The van der Waals surface area contributed by atoms with E-state index in [1.54, 1.807) is 6.20 Å². The molecule has 0 radical (unpaired) electrons. The van der Waals surface area contributed by atoms with Gasteiger partial charge in [-0.1, -0.05) is 25.1 Å². The molecule has 0 amide bonds. The van der Waals surface area contributed by atoms with Crippen molar-refractivity contribution in [3.05, 3.63) is 71.7 Å². The van der Waals surface area contributed by atoms with E-state index < -0.39 is 22.5 Å². The molecule has 0 spiro atoms. The number of Topliss-reactive ketones (excluding diaryl/α,β-unsaturated/α-hetero) is 2. The van der Waals surface area contributed by atoms with Crippen molar-refractivity contribution in [2.24, 2.45) is 5.41 Å². The minimum absolute atomic E-state index is 0.0246. The number of pyridine rings is 1. The second-order valence-corrected chi connectivity index (χ2v) is 13.0. The second-order valence-electron chi connectivity index (χ2n) is 13.0. The molecular weight excluding hydrogens is 528 g/mol. The first-order chi connectivity index (χ1) is 19.3. The van der Waals surface area contributed by atoms with Crippen molar-refractivity contribution in [2.45, 2.75) is 76.9 Å². The predicted octanol–water partition coefficient (Wildman–Crippen LogP) is 6.17. The maximum absolute atomic E-state index is 14.3. The lowest BCUT2D eigenvalue weighted by molar-refractivity contribution is -0.136. The van der Waals surface area contributed by atoms with Gasteiger partial charge in [0, 0.05) is 79.9 Å². The van der Waals surface area contributed by atoms with Crippen LogP contribution < -0.4 is 0 Å². The summed E-state index contributed by atoms with van der Waals surface area (Å²) in [6, 6.07) is 10.5. The van der Waals surface area contributed by atoms with E-state index in [1.807, 2.05) is 32.0 Å². The van der Waals surface area contributed by atoms with Crippen LogP contribution in [0.4, 0.5) is 8.78 Å². The standard InChI is InChI=1S/C32H37F2N3O4/c1-30(2,29-7-5-6-11-35-29)16-23(38)17-32(19-37(20-32)22-10-12-40-31(3,4)15-22)18-27(39)26-14-28(41-36-26)24-9-8-21(33)13-25(24)34/h5-9,11,13-14,22H,10,12,15-20H2,1-4H3. The molecule has 7 nitrogen and oxygen atoms in total. The highest BCUT2D eigenvalue weighted by atomic mass is 19.1. The Kier molecular flexibility index (Phi) is 7.96. The number of halogens is 2. The van der Waals surface area contributed by atoms with Crippen LogP contribution in [-0.4, -0.2) is 57.9 Å². The van der Waals surface area contributed by atoms with Gasteiger partial charge in [0.15, 0.2) is 11.5 Å². The van der Waals surface area contributed by atoms with E-state index in [0.29, 0.717) is 32.2 Å². The number of benzene rings is 1. The molecule has 2 aliphatic heterocycles. The fourth-order valence-electron chi connectivity index (χ4n) is 6.35. The zero-order valence-electron chi connectivity index (χ0n) is 24.1. The van der Waals surface area contributed by atoms with E-state index in [9.17, 15) is 18.4 Å². The minimum Gasteiger partial charge on any atom is -0.375 e. The van der Waals surface area contributed by atoms with Gasteiger partial charge in [0.25, 0.3) is 0 Å². The molecule has 9 heteroatoms. The Labute approximate surface area is 239 Å². The lowest BCUT2D eigenvalue weighted by atomic mass is 9.68. The number of ether oxygens (including phenoxy) is 1. The molecule has 1 atom stereocenters. The zero-order chi connectivity index (χ0) is 29.4. The van der Waals surface area contributed by atoms with Gasteiger partial charge in [-0.05, 0) is 51.0 Å². The molecule has 0 saturated carbocycles. The van der Waals surface area contributed by atoms with Crippen molar-refractivity contribution in [1.82, 2.24) is 15.0 Å². The first-order valence-electron chi connectivity index (χ1n) is 14.1. The van der Waals surface area contributed by atoms with Crippen LogP contribution in [0.1, 0.15) is 76.0 Å². The number of carbonyl (C=O) groups excluding carboxylic acids is 2. The van der Waals surface area contributed by atoms with Crippen molar-refractivity contribution in [2.75, 3.05) is 19.7 Å². The second kappa shape index (κ2) is 11.2. The zero-order valence-corrected chi connectivity index (χ0v) is 24.1. The number of hydrogen-bond donors (Lipinski definition) is 0. The molecule has 41 heavy (non-hydrogen) atoms. The molecule has 0 bridgehead atoms. The number of ketones is 2. The van der Waals surface area contributed by atoms with E-state index in [-0.39, 0.29) is 47.0 Å². The summed E-state index contributed by atoms with van der Waals surface area (Å²) in [6.07, 6.45) is 4.20. The third kappa shape index (κ3) is 6.62. The number of carbonyl (C=O) groups is 2. The fraction of sp³-hybridized carbons (Fsp3) is 0.500. The van der Waals surface area contributed by atoms with Gasteiger partial charge in [-0.15, -0.1) is 0 Å². The summed E-state index contributed by atoms with van der Waals surface area (Å²) in [5, 5.41) is 3.90. The van der Waals surface area contributed by atoms with E-state index in [2.05, 4.69) is 28.9 Å². The number of rotatable bonds is 10. The lowest BCUT2D eigenvalue weighted by Gasteiger charge is -2.55. The molecule has 0 N–H and O–H groups in total. The molecule has 3 aromatic rings. The third-order valence-electron chi connectivity index (χ3n) is 8.36. The summed E-state index contributed by atoms with van der Waals surface area (Å²) in [5.41, 5.74) is -0.269. The number of aromatic nitrogens is 2. The van der Waals surface area contributed by atoms with Crippen molar-refractivity contribution in [3.63, 3.8) is 0 Å². The minimum atomic E-state index is -0.799. The summed E-state index contributed by atoms with van der Waals surface area (Å²) in [6.45, 7) is 10.1. The highest BCUT2D eigenvalue weighted by Gasteiger charge is 2.49. The summed E-state index contributed by atoms with van der Waals surface area (Å²) in [4.78, 5) is 33.8. The number of nitrogens with zero attached hydrogens (tertiary/aromatic N) is 3. The molecule has 5 rings (SSSR count). The highest BCUT2D eigenvalue weighted by Crippen LogP contribution is 2.44. The van der Waals surface area contributed by atoms with Crippen LogP contribution in [0.3, 0.4) is 0 Å². The van der Waals surface area contributed by atoms with E-state index in [4.69, 9.17) is 9.26 Å². The van der Waals surface area contributed by atoms with Crippen LogP contribution >= 0.6 is 0 Å². The van der Waals surface area contributed by atoms with Crippen LogP contribution in [0.5, 0.6) is 0 Å². The summed E-state index contributed by atoms with van der Waals surface area (Å²) < 4.78 is 38.8. The molecule has 1 unspecified atom stereocenters. The quantitative estimate of drug-likeness (QED) is 0.272. The maximum atomic E-state index is 14.3. The molecule has 2 aromatic heterocycles. The average molecular weight is 566 g/mol. The van der Waals surface area contributed by atoms with Gasteiger partial charge < -0.3 is 9.26 Å². The maximum Gasteiger partial charge on any atom is 0.185 e. The van der Waals surface area contributed by atoms with Crippen molar-refractivity contribution in [1.29, 1.82) is 0 Å². The lowest BCUT2D eigenvalue weighted by Crippen LogP contribution is -2.63. The first-order valence-corrected chi connectivity index (χ1v) is 14.1. The molecule has 218 valence electrons. The molecule has 2 saturated heterocycles. The predicted molar refractivity (Wildman–Crippen MR) is 149 cm³/mol. The van der Waals surface area contributed by atoms with Crippen molar-refractivity contribution >= 4 is 11.6 Å². The van der Waals surface area contributed by atoms with E-state index in [1.165, 1.54) is 12.1 Å². The molecular formula is C32H37F2N3O4. The average Bonchev–Trinajstić information content (AvgIpc) is 3.36. The van der Waals surface area contributed by atoms with Gasteiger partial charge >= 0.3 is 0 Å². The van der Waals surface area contributed by atoms with E-state index in [0.717, 1.165) is 30.7 Å². The Morgan fingerprint density at radius 2 is 1.88 bits per heavy atom. The molecule has 1 aromatic carbocycles. The van der Waals surface area contributed by atoms with E-state index >= 15 is 0 Å². The van der Waals surface area contributed by atoms with Gasteiger partial charge in [-0.25, -0.2) is 8.78 Å². The number of likely N-dealkylation sites (tertiary alicyclic amines) is 1. The summed E-state index contributed by atoms with van der Waals surface area (Å²) in [5.74, 6) is -1.65. The molecule has 0 aliphatic carbocycles. The van der Waals surface area contributed by atoms with Crippen molar-refractivity contribution < 1.29 is 27.6 Å². The van der Waals surface area contributed by atoms with Gasteiger partial charge in [-0.3, -0.25) is 19.5 Å². The van der Waals surface area contributed by atoms with Gasteiger partial charge in [-0.2, -0.15) is 0 Å². The SMILES string of the molecule is CC1(C)CC(N2CC(CC(=O)CC(C)(C)c3ccccn3)(CC(=O)c3cc(-c4ccc(F)cc4F)on3)C2)CCO1. The number of hydrogen-bond acceptors (Lipinski definition) is 7. The van der Waals surface area contributed by atoms with Gasteiger partial charge in [0.05, 0.1) is 11.2 Å². The van der Waals surface area contributed by atoms with Gasteiger partial charge in [0.2, 0.25) is 0 Å². The van der Waals surface area contributed by atoms with Crippen molar-refractivity contribution in [3.8, 4) is 11.3 Å². The Bertz CT molecular complexity index is 1410. The van der Waals surface area contributed by atoms with Crippen LogP contribution in [0, 0.1) is 17.0 Å². The summed E-state index contributed by atoms with van der Waals surface area (Å²) >= 11 is 0. The molecule has 4 heterocycles. The Morgan fingerprint density at radius 1 is 1.10 bits per heavy atom. The Balaban J connectivity index is 1.32. The smallest absolute Gasteiger partial charge is 0.185 e. The third-order valence-corrected chi connectivity index (χ3v) is 8.36. The Hall–Kier alpha value is -3.30. The highest BCUT2D eigenvalue weighted by molar-refractivity contribution is 5.96. The largest absolute Gasteiger partial charge is 0.375 e. The Morgan fingerprint density at radius 3 is 2.56 bits per heavy atom. The van der Waals surface area contributed by atoms with Crippen LogP contribution in [0.15, 0.2) is 53.2 Å². The topological polar surface area (TPSA) is 85.5 Å². The molecule has 2 fully saturated rings. The van der Waals surface area contributed by atoms with Crippen LogP contribution in [0.25, 0.3) is 11.3 Å². The summed E-state index contributed by atoms with van der Waals surface area (Å²) in [7, 11) is 0. The van der Waals surface area contributed by atoms with Gasteiger partial charge in [0.1, 0.15) is 23.1 Å². The normalized spacial score (nSPS) is 20.4. The van der Waals surface area contributed by atoms with Crippen LogP contribution in [-0.2, 0) is 14.9 Å². The van der Waals surface area contributed by atoms with Crippen LogP contribution in [0.2, 0.25) is 0 Å². The molecule has 2 aliphatic rings.